The van der Waals surface area contributed by atoms with Crippen LogP contribution in [0.3, 0.4) is 0 Å². The number of hydrogen-bond acceptors (Lipinski definition) is 6. The summed E-state index contributed by atoms with van der Waals surface area (Å²) in [5, 5.41) is 11.5. The van der Waals surface area contributed by atoms with Gasteiger partial charge in [-0.25, -0.2) is 13.8 Å². The Bertz CT molecular complexity index is 1160. The van der Waals surface area contributed by atoms with Gasteiger partial charge in [-0.2, -0.15) is 0 Å². The Morgan fingerprint density at radius 2 is 1.97 bits per heavy atom. The van der Waals surface area contributed by atoms with Crippen LogP contribution in [0.4, 0.5) is 20.4 Å². The predicted octanol–water partition coefficient (Wildman–Crippen LogP) is 1.39. The maximum Gasteiger partial charge on any atom is 0.255 e. The number of aryl methyl sites for hydroxylation is 1. The van der Waals surface area contributed by atoms with Crippen molar-refractivity contribution in [3.05, 3.63) is 50.9 Å². The molecular weight excluding hydrogens is 444 g/mol. The van der Waals surface area contributed by atoms with Crippen LogP contribution >= 0.6 is 0 Å². The van der Waals surface area contributed by atoms with Crippen molar-refractivity contribution in [2.45, 2.75) is 43.9 Å². The van der Waals surface area contributed by atoms with Gasteiger partial charge in [0.2, 0.25) is 11.9 Å². The Kier molecular flexibility index (Phi) is 6.01. The molecule has 3 heterocycles. The van der Waals surface area contributed by atoms with Crippen molar-refractivity contribution in [3.8, 4) is 0 Å². The predicted molar refractivity (Wildman–Crippen MR) is 123 cm³/mol. The molecule has 10 heteroatoms. The number of nitrogens with one attached hydrogen (secondary N) is 2. The van der Waals surface area contributed by atoms with E-state index in [9.17, 15) is 14.0 Å². The lowest BCUT2D eigenvalue weighted by Gasteiger charge is -2.40. The lowest BCUT2D eigenvalue weighted by atomic mass is 9.74. The van der Waals surface area contributed by atoms with Crippen molar-refractivity contribution < 1.29 is 18.7 Å². The number of halogens is 2. The third kappa shape index (κ3) is 4.04. The first kappa shape index (κ1) is 22.8. The van der Waals surface area contributed by atoms with Gasteiger partial charge < -0.3 is 20.2 Å². The maximum atomic E-state index is 15.1. The standard InChI is InChI=1S/C24H29F2N5O3/c25-15-11-17(26)21-19(12-15)31(10-7-27-20(33)13-32)14-24(21)5-8-30(9-6-24)23-28-18-4-2-1-3-16(18)22(34)29-23/h11-12,32H,1-10,13-14H2,(H,27,33)(H,28,29,34). The number of rotatable bonds is 5. The van der Waals surface area contributed by atoms with E-state index in [-0.39, 0.29) is 12.1 Å². The highest BCUT2D eigenvalue weighted by atomic mass is 19.1. The normalized spacial score (nSPS) is 18.7. The number of aliphatic hydroxyl groups is 1. The molecule has 0 unspecified atom stereocenters. The minimum absolute atomic E-state index is 0.0659. The first-order valence-corrected chi connectivity index (χ1v) is 11.9. The molecule has 34 heavy (non-hydrogen) atoms. The van der Waals surface area contributed by atoms with Gasteiger partial charge in [0.05, 0.1) is 5.69 Å². The van der Waals surface area contributed by atoms with E-state index >= 15 is 4.39 Å². The summed E-state index contributed by atoms with van der Waals surface area (Å²) in [5.74, 6) is -1.10. The van der Waals surface area contributed by atoms with Crippen molar-refractivity contribution in [1.29, 1.82) is 0 Å². The number of benzene rings is 1. The summed E-state index contributed by atoms with van der Waals surface area (Å²) in [4.78, 5) is 35.6. The molecule has 2 aromatic rings. The van der Waals surface area contributed by atoms with Crippen molar-refractivity contribution in [1.82, 2.24) is 15.3 Å². The Morgan fingerprint density at radius 3 is 2.74 bits per heavy atom. The van der Waals surface area contributed by atoms with Gasteiger partial charge >= 0.3 is 0 Å². The summed E-state index contributed by atoms with van der Waals surface area (Å²) in [6.45, 7) is 1.74. The molecule has 3 aliphatic rings. The minimum Gasteiger partial charge on any atom is -0.387 e. The van der Waals surface area contributed by atoms with Gasteiger partial charge in [-0.1, -0.05) is 0 Å². The van der Waals surface area contributed by atoms with Crippen LogP contribution in [-0.2, 0) is 23.1 Å². The Hall–Kier alpha value is -3.01. The van der Waals surface area contributed by atoms with Gasteiger partial charge in [-0.05, 0) is 44.6 Å². The van der Waals surface area contributed by atoms with Crippen LogP contribution in [0.15, 0.2) is 16.9 Å². The molecule has 1 aliphatic carbocycles. The number of carbonyl (C=O) groups is 1. The zero-order valence-electron chi connectivity index (χ0n) is 19.0. The second-order valence-corrected chi connectivity index (χ2v) is 9.50. The molecule has 0 radical (unpaired) electrons. The second-order valence-electron chi connectivity index (χ2n) is 9.50. The first-order chi connectivity index (χ1) is 16.4. The number of carbonyl (C=O) groups excluding carboxylic acids is 1. The largest absolute Gasteiger partial charge is 0.387 e. The lowest BCUT2D eigenvalue weighted by Crippen LogP contribution is -2.47. The topological polar surface area (TPSA) is 102 Å². The quantitative estimate of drug-likeness (QED) is 0.607. The Labute approximate surface area is 196 Å². The number of aromatic amines is 1. The van der Waals surface area contributed by atoms with E-state index in [0.29, 0.717) is 56.2 Å². The van der Waals surface area contributed by atoms with Crippen LogP contribution in [0.5, 0.6) is 0 Å². The lowest BCUT2D eigenvalue weighted by molar-refractivity contribution is -0.123. The second kappa shape index (κ2) is 8.98. The molecule has 5 rings (SSSR count). The summed E-state index contributed by atoms with van der Waals surface area (Å²) in [5.41, 5.74) is 2.16. The van der Waals surface area contributed by atoms with Gasteiger partial charge in [-0.15, -0.1) is 0 Å². The SMILES string of the molecule is O=C(CO)NCCN1CC2(CCN(c3nc4c(c(=O)[nH]3)CCCC4)CC2)c2c(F)cc(F)cc21. The molecular formula is C24H29F2N5O3. The summed E-state index contributed by atoms with van der Waals surface area (Å²) in [6, 6.07) is 2.29. The zero-order valence-corrected chi connectivity index (χ0v) is 19.0. The molecule has 1 aromatic carbocycles. The number of aliphatic hydroxyl groups excluding tert-OH is 1. The average Bonchev–Trinajstić information content (AvgIpc) is 3.12. The van der Waals surface area contributed by atoms with E-state index in [1.807, 2.05) is 9.80 Å². The van der Waals surface area contributed by atoms with Gasteiger partial charge in [0.25, 0.3) is 5.56 Å². The minimum atomic E-state index is -0.633. The molecule has 2 aliphatic heterocycles. The van der Waals surface area contributed by atoms with Gasteiger partial charge in [0.15, 0.2) is 0 Å². The van der Waals surface area contributed by atoms with Crippen molar-refractivity contribution >= 4 is 17.5 Å². The van der Waals surface area contributed by atoms with E-state index in [2.05, 4.69) is 10.3 Å². The van der Waals surface area contributed by atoms with Crippen LogP contribution < -0.4 is 20.7 Å². The Balaban J connectivity index is 1.36. The number of aromatic nitrogens is 2. The van der Waals surface area contributed by atoms with E-state index in [4.69, 9.17) is 10.1 Å². The molecule has 1 aromatic heterocycles. The molecule has 8 nitrogen and oxygen atoms in total. The molecule has 0 saturated carbocycles. The molecule has 0 atom stereocenters. The maximum absolute atomic E-state index is 15.1. The average molecular weight is 474 g/mol. The summed E-state index contributed by atoms with van der Waals surface area (Å²) >= 11 is 0. The number of fused-ring (bicyclic) bond motifs is 3. The van der Waals surface area contributed by atoms with E-state index in [0.717, 1.165) is 43.0 Å². The van der Waals surface area contributed by atoms with Crippen molar-refractivity contribution in [3.63, 3.8) is 0 Å². The number of nitrogens with zero attached hydrogens (tertiary/aromatic N) is 3. The Morgan fingerprint density at radius 1 is 1.21 bits per heavy atom. The number of hydrogen-bond donors (Lipinski definition) is 3. The number of piperidine rings is 1. The van der Waals surface area contributed by atoms with E-state index in [1.165, 1.54) is 6.07 Å². The van der Waals surface area contributed by atoms with Crippen LogP contribution in [-0.4, -0.2) is 60.3 Å². The molecule has 1 amide bonds. The highest BCUT2D eigenvalue weighted by Gasteiger charge is 2.47. The summed E-state index contributed by atoms with van der Waals surface area (Å²) < 4.78 is 29.2. The number of amides is 1. The number of H-pyrrole nitrogens is 1. The fraction of sp³-hybridized carbons (Fsp3) is 0.542. The fourth-order valence-electron chi connectivity index (χ4n) is 5.74. The van der Waals surface area contributed by atoms with Crippen LogP contribution in [0.25, 0.3) is 0 Å². The monoisotopic (exact) mass is 473 g/mol. The van der Waals surface area contributed by atoms with E-state index in [1.54, 1.807) is 0 Å². The van der Waals surface area contributed by atoms with Crippen LogP contribution in [0, 0.1) is 11.6 Å². The highest BCUT2D eigenvalue weighted by Crippen LogP contribution is 2.48. The van der Waals surface area contributed by atoms with Gasteiger partial charge in [0.1, 0.15) is 18.2 Å². The van der Waals surface area contributed by atoms with E-state index < -0.39 is 29.6 Å². The third-order valence-electron chi connectivity index (χ3n) is 7.45. The number of anilines is 2. The molecule has 1 saturated heterocycles. The van der Waals surface area contributed by atoms with Gasteiger partial charge in [-0.3, -0.25) is 14.6 Å². The molecule has 3 N–H and O–H groups in total. The van der Waals surface area contributed by atoms with Crippen molar-refractivity contribution in [2.75, 3.05) is 49.1 Å². The zero-order chi connectivity index (χ0) is 23.9. The molecule has 1 fully saturated rings. The smallest absolute Gasteiger partial charge is 0.255 e. The summed E-state index contributed by atoms with van der Waals surface area (Å²) in [6.07, 6.45) is 4.88. The highest BCUT2D eigenvalue weighted by molar-refractivity contribution is 5.77. The summed E-state index contributed by atoms with van der Waals surface area (Å²) in [7, 11) is 0. The molecule has 182 valence electrons. The molecule has 1 spiro atoms. The fourth-order valence-corrected chi connectivity index (χ4v) is 5.74. The van der Waals surface area contributed by atoms with Crippen LogP contribution in [0.2, 0.25) is 0 Å². The first-order valence-electron chi connectivity index (χ1n) is 11.9. The van der Waals surface area contributed by atoms with Crippen LogP contribution in [0.1, 0.15) is 42.5 Å². The van der Waals surface area contributed by atoms with Gasteiger partial charge in [0, 0.05) is 61.0 Å². The molecule has 0 bridgehead atoms. The third-order valence-corrected chi connectivity index (χ3v) is 7.45. The van der Waals surface area contributed by atoms with Crippen molar-refractivity contribution in [2.24, 2.45) is 0 Å².